The van der Waals surface area contributed by atoms with Crippen molar-refractivity contribution in [3.63, 3.8) is 0 Å². The van der Waals surface area contributed by atoms with Gasteiger partial charge in [-0.1, -0.05) is 0 Å². The number of rotatable bonds is 4. The number of fused-ring (bicyclic) bond motifs is 1. The van der Waals surface area contributed by atoms with Crippen LogP contribution in [-0.2, 0) is 13.8 Å². The highest BCUT2D eigenvalue weighted by atomic mass is 31.2. The van der Waals surface area contributed by atoms with Crippen LogP contribution in [0.2, 0.25) is 0 Å². The first-order valence-electron chi connectivity index (χ1n) is 7.40. The number of hydrogen-bond donors (Lipinski definition) is 5. The van der Waals surface area contributed by atoms with Crippen LogP contribution in [0.1, 0.15) is 20.1 Å². The molecule has 1 saturated heterocycles. The normalized spacial score (nSPS) is 26.2. The summed E-state index contributed by atoms with van der Waals surface area (Å²) in [5.74, 6) is -0.651. The molecule has 3 heterocycles. The molecule has 26 heavy (non-hydrogen) atoms. The van der Waals surface area contributed by atoms with E-state index in [1.54, 1.807) is 0 Å². The average Bonchev–Trinajstić information content (AvgIpc) is 3.08. The molecular formula is C13H17N4O8P. The van der Waals surface area contributed by atoms with Gasteiger partial charge < -0.3 is 24.6 Å². The minimum atomic E-state index is -4.90. The Bertz CT molecular complexity index is 905. The Morgan fingerprint density at radius 3 is 2.54 bits per heavy atom. The minimum Gasteiger partial charge on any atom is -0.492 e. The molecule has 0 amide bonds. The van der Waals surface area contributed by atoms with Crippen molar-refractivity contribution in [2.24, 2.45) is 0 Å². The fourth-order valence-corrected chi connectivity index (χ4v) is 3.23. The number of phosphoric ester groups is 1. The maximum absolute atomic E-state index is 11.2. The standard InChI is InChI=1S/C13H17N4O8P/c1-5(2)9(25-26(21,22)23)10-7(18)8(19)13(24-10)17-4-16-6-11(17)14-3-15-12(6)20/h3-4,7-8,10,13,18-19H,1-2H3,(H,14,15,20)(H2,21,22,23)/t7-,8+,10-,13+/m0/s1. The number of aliphatic hydroxyl groups excluding tert-OH is 2. The molecule has 2 aromatic rings. The summed E-state index contributed by atoms with van der Waals surface area (Å²) in [7, 11) is -4.90. The molecule has 1 aliphatic rings. The number of imidazole rings is 1. The first-order valence-corrected chi connectivity index (χ1v) is 8.94. The third-order valence-corrected chi connectivity index (χ3v) is 4.25. The summed E-state index contributed by atoms with van der Waals surface area (Å²) >= 11 is 0. The Balaban J connectivity index is 1.98. The van der Waals surface area contributed by atoms with Crippen LogP contribution in [0.4, 0.5) is 0 Å². The van der Waals surface area contributed by atoms with E-state index in [4.69, 9.17) is 14.5 Å². The van der Waals surface area contributed by atoms with Gasteiger partial charge in [0, 0.05) is 0 Å². The Morgan fingerprint density at radius 1 is 1.23 bits per heavy atom. The summed E-state index contributed by atoms with van der Waals surface area (Å²) < 4.78 is 22.7. The molecule has 0 bridgehead atoms. The summed E-state index contributed by atoms with van der Waals surface area (Å²) in [5.41, 5.74) is 0.555. The third kappa shape index (κ3) is 3.30. The molecule has 0 unspecified atom stereocenters. The quantitative estimate of drug-likeness (QED) is 0.338. The van der Waals surface area contributed by atoms with Crippen LogP contribution < -0.4 is 0 Å². The molecular weight excluding hydrogens is 371 g/mol. The van der Waals surface area contributed by atoms with Gasteiger partial charge in [-0.2, -0.15) is 4.98 Å². The predicted octanol–water partition coefficient (Wildman–Crippen LogP) is -0.446. The van der Waals surface area contributed by atoms with Crippen molar-refractivity contribution in [2.75, 3.05) is 0 Å². The molecule has 1 fully saturated rings. The number of phosphoric acid groups is 1. The Morgan fingerprint density at radius 2 is 1.92 bits per heavy atom. The molecule has 1 aliphatic heterocycles. The zero-order valence-electron chi connectivity index (χ0n) is 13.7. The lowest BCUT2D eigenvalue weighted by Gasteiger charge is -2.21. The predicted molar refractivity (Wildman–Crippen MR) is 84.4 cm³/mol. The first-order chi connectivity index (χ1) is 12.1. The molecule has 0 saturated carbocycles. The van der Waals surface area contributed by atoms with Gasteiger partial charge in [0.05, 0.1) is 6.33 Å². The Hall–Kier alpha value is -2.08. The van der Waals surface area contributed by atoms with Gasteiger partial charge in [0.25, 0.3) is 0 Å². The van der Waals surface area contributed by atoms with Crippen molar-refractivity contribution < 1.29 is 38.9 Å². The summed E-state index contributed by atoms with van der Waals surface area (Å²) in [5, 5.41) is 30.4. The lowest BCUT2D eigenvalue weighted by Crippen LogP contribution is -2.33. The van der Waals surface area contributed by atoms with Crippen molar-refractivity contribution in [1.82, 2.24) is 19.5 Å². The van der Waals surface area contributed by atoms with E-state index in [0.717, 1.165) is 6.33 Å². The fourth-order valence-electron chi connectivity index (χ4n) is 2.69. The van der Waals surface area contributed by atoms with E-state index >= 15 is 0 Å². The zero-order valence-corrected chi connectivity index (χ0v) is 14.6. The molecule has 13 heteroatoms. The van der Waals surface area contributed by atoms with E-state index in [1.807, 2.05) is 0 Å². The van der Waals surface area contributed by atoms with Crippen LogP contribution in [0, 0.1) is 0 Å². The number of hydrogen-bond acceptors (Lipinski definition) is 9. The van der Waals surface area contributed by atoms with E-state index < -0.39 is 32.4 Å². The van der Waals surface area contributed by atoms with Crippen LogP contribution >= 0.6 is 7.82 Å². The van der Waals surface area contributed by atoms with E-state index in [0.29, 0.717) is 5.57 Å². The van der Waals surface area contributed by atoms with Gasteiger partial charge in [0.1, 0.15) is 30.4 Å². The van der Waals surface area contributed by atoms with E-state index in [-0.39, 0.29) is 22.8 Å². The molecule has 0 aliphatic carbocycles. The van der Waals surface area contributed by atoms with Gasteiger partial charge in [0.2, 0.25) is 5.88 Å². The molecule has 5 N–H and O–H groups in total. The molecule has 142 valence electrons. The lowest BCUT2D eigenvalue weighted by molar-refractivity contribution is -0.0343. The van der Waals surface area contributed by atoms with Crippen molar-refractivity contribution in [3.05, 3.63) is 24.0 Å². The largest absolute Gasteiger partial charge is 0.524 e. The SMILES string of the molecule is CC(C)=C(OP(=O)(O)O)[C@H]1O[C@@H](n2cnc3c(O)ncnc32)[C@H](O)[C@@H]1O. The van der Waals surface area contributed by atoms with E-state index in [9.17, 15) is 19.9 Å². The van der Waals surface area contributed by atoms with Gasteiger partial charge >= 0.3 is 7.82 Å². The van der Waals surface area contributed by atoms with Crippen LogP contribution in [0.3, 0.4) is 0 Å². The first kappa shape index (κ1) is 18.7. The zero-order chi connectivity index (χ0) is 19.2. The average molecular weight is 388 g/mol. The topological polar surface area (TPSA) is 180 Å². The number of aromatic nitrogens is 4. The molecule has 0 aromatic carbocycles. The van der Waals surface area contributed by atoms with Gasteiger partial charge in [-0.15, -0.1) is 0 Å². The number of allylic oxidation sites excluding steroid dienone is 1. The highest BCUT2D eigenvalue weighted by Crippen LogP contribution is 2.44. The summed E-state index contributed by atoms with van der Waals surface area (Å²) in [6.45, 7) is 3.03. The highest BCUT2D eigenvalue weighted by molar-refractivity contribution is 7.46. The molecule has 12 nitrogen and oxygen atoms in total. The molecule has 0 radical (unpaired) electrons. The van der Waals surface area contributed by atoms with Crippen molar-refractivity contribution in [1.29, 1.82) is 0 Å². The van der Waals surface area contributed by atoms with Crippen LogP contribution in [0.25, 0.3) is 11.2 Å². The van der Waals surface area contributed by atoms with Gasteiger partial charge in [-0.05, 0) is 19.4 Å². The van der Waals surface area contributed by atoms with Gasteiger partial charge in [0.15, 0.2) is 17.4 Å². The highest BCUT2D eigenvalue weighted by Gasteiger charge is 2.48. The maximum Gasteiger partial charge on any atom is 0.524 e. The van der Waals surface area contributed by atoms with Gasteiger partial charge in [-0.25, -0.2) is 14.5 Å². The molecule has 2 aromatic heterocycles. The maximum atomic E-state index is 11.2. The van der Waals surface area contributed by atoms with Crippen LogP contribution in [-0.4, -0.2) is 62.9 Å². The van der Waals surface area contributed by atoms with Crippen LogP contribution in [0.15, 0.2) is 24.0 Å². The van der Waals surface area contributed by atoms with Crippen LogP contribution in [0.5, 0.6) is 5.88 Å². The fraction of sp³-hybridized carbons (Fsp3) is 0.462. The Labute approximate surface area is 146 Å². The molecule has 4 atom stereocenters. The molecule has 0 spiro atoms. The number of ether oxygens (including phenoxy) is 1. The van der Waals surface area contributed by atoms with E-state index in [1.165, 1.54) is 24.7 Å². The monoisotopic (exact) mass is 388 g/mol. The lowest BCUT2D eigenvalue weighted by atomic mass is 10.1. The second-order valence-corrected chi connectivity index (χ2v) is 7.06. The third-order valence-electron chi connectivity index (χ3n) is 3.82. The van der Waals surface area contributed by atoms with Crippen molar-refractivity contribution in [3.8, 4) is 5.88 Å². The molecule has 3 rings (SSSR count). The summed E-state index contributed by atoms with van der Waals surface area (Å²) in [6, 6.07) is 0. The number of nitrogens with zero attached hydrogens (tertiary/aromatic N) is 4. The summed E-state index contributed by atoms with van der Waals surface area (Å²) in [4.78, 5) is 29.6. The number of aliphatic hydroxyl groups is 2. The van der Waals surface area contributed by atoms with Crippen molar-refractivity contribution in [2.45, 2.75) is 38.4 Å². The van der Waals surface area contributed by atoms with Crippen molar-refractivity contribution >= 4 is 19.0 Å². The van der Waals surface area contributed by atoms with E-state index in [2.05, 4.69) is 19.5 Å². The number of aromatic hydroxyl groups is 1. The second kappa shape index (κ2) is 6.58. The minimum absolute atomic E-state index is 0.0649. The second-order valence-electron chi connectivity index (χ2n) is 5.90. The summed E-state index contributed by atoms with van der Waals surface area (Å²) in [6.07, 6.45) is -3.23. The van der Waals surface area contributed by atoms with Gasteiger partial charge in [-0.3, -0.25) is 14.4 Å². The smallest absolute Gasteiger partial charge is 0.492 e. The Kier molecular flexibility index (Phi) is 4.73.